The Balaban J connectivity index is 1.86. The fourth-order valence-electron chi connectivity index (χ4n) is 6.79. The summed E-state index contributed by atoms with van der Waals surface area (Å²) in [6, 6.07) is 9.67. The number of carbonyl (C=O) groups is 1. The monoisotopic (exact) mass is 665 g/mol. The van der Waals surface area contributed by atoms with Gasteiger partial charge in [-0.15, -0.1) is 0 Å². The quantitative estimate of drug-likeness (QED) is 0.103. The molecular formula is C36H67N3O6Si. The first-order chi connectivity index (χ1) is 21.7. The summed E-state index contributed by atoms with van der Waals surface area (Å²) in [7, 11) is 1.30. The second-order valence-corrected chi connectivity index (χ2v) is 17.3. The van der Waals surface area contributed by atoms with Crippen LogP contribution in [0.4, 0.5) is 0 Å². The van der Waals surface area contributed by atoms with Crippen molar-refractivity contribution in [3.8, 4) is 0 Å². The van der Waals surface area contributed by atoms with Crippen molar-refractivity contribution in [3.63, 3.8) is 0 Å². The third-order valence-corrected chi connectivity index (χ3v) is 11.6. The van der Waals surface area contributed by atoms with Gasteiger partial charge in [-0.25, -0.2) is 0 Å². The molecule has 1 aromatic rings. The van der Waals surface area contributed by atoms with Gasteiger partial charge in [0.2, 0.25) is 5.91 Å². The third kappa shape index (κ3) is 13.3. The fraction of sp³-hybridized carbons (Fsp3) is 0.806. The van der Waals surface area contributed by atoms with Gasteiger partial charge in [-0.05, 0) is 105 Å². The van der Waals surface area contributed by atoms with Gasteiger partial charge in [0, 0.05) is 49.6 Å². The van der Waals surface area contributed by atoms with Crippen molar-refractivity contribution in [3.05, 3.63) is 35.4 Å². The van der Waals surface area contributed by atoms with Crippen LogP contribution in [0, 0.1) is 5.92 Å². The minimum Gasteiger partial charge on any atom is -0.377 e. The van der Waals surface area contributed by atoms with E-state index >= 15 is 0 Å². The van der Waals surface area contributed by atoms with E-state index in [0.717, 1.165) is 56.7 Å². The largest absolute Gasteiger partial charge is 0.500 e. The van der Waals surface area contributed by atoms with Gasteiger partial charge in [0.05, 0.1) is 13.2 Å². The summed E-state index contributed by atoms with van der Waals surface area (Å²) in [5, 5.41) is 5.46. The van der Waals surface area contributed by atoms with Gasteiger partial charge >= 0.3 is 8.80 Å². The predicted octanol–water partition coefficient (Wildman–Crippen LogP) is 7.14. The van der Waals surface area contributed by atoms with Crippen LogP contribution < -0.4 is 5.32 Å². The molecule has 0 radical (unpaired) electrons. The molecule has 0 saturated carbocycles. The van der Waals surface area contributed by atoms with Gasteiger partial charge in [0.15, 0.2) is 0 Å². The molecular weight excluding hydrogens is 598 g/mol. The van der Waals surface area contributed by atoms with Crippen molar-refractivity contribution in [2.24, 2.45) is 5.92 Å². The lowest BCUT2D eigenvalue weighted by molar-refractivity contribution is -0.316. The standard InChI is InChI=1S/C36H67N3O6Si/c1-12-42-46(43-13-2,44-14-3)24-18-16-15-17-23-41-28-30-19-21-31(22-20-30)34(29(4)5)45-39-35(6,7)25-32(26-36(39,8)9)37-33(40)27-38(10)11/h19-22,29,32,34H,12-18,23-28H2,1-11H3,(H,37,40). The van der Waals surface area contributed by atoms with E-state index < -0.39 is 8.80 Å². The van der Waals surface area contributed by atoms with Crippen molar-refractivity contribution in [1.29, 1.82) is 0 Å². The maximum absolute atomic E-state index is 12.5. The molecule has 1 amide bonds. The zero-order valence-electron chi connectivity index (χ0n) is 31.1. The summed E-state index contributed by atoms with van der Waals surface area (Å²) < 4.78 is 23.9. The molecule has 1 aliphatic heterocycles. The summed E-state index contributed by atoms with van der Waals surface area (Å²) in [6.07, 6.45) is 5.89. The van der Waals surface area contributed by atoms with Crippen molar-refractivity contribution in [2.75, 3.05) is 47.1 Å². The van der Waals surface area contributed by atoms with Crippen molar-refractivity contribution in [1.82, 2.24) is 15.3 Å². The lowest BCUT2D eigenvalue weighted by Crippen LogP contribution is -2.64. The van der Waals surface area contributed by atoms with Crippen LogP contribution in [0.5, 0.6) is 0 Å². The summed E-state index contributed by atoms with van der Waals surface area (Å²) in [5.74, 6) is 0.358. The van der Waals surface area contributed by atoms with Gasteiger partial charge in [0.25, 0.3) is 0 Å². The lowest BCUT2D eigenvalue weighted by Gasteiger charge is -2.55. The van der Waals surface area contributed by atoms with E-state index in [1.54, 1.807) is 0 Å². The number of nitrogens with zero attached hydrogens (tertiary/aromatic N) is 2. The van der Waals surface area contributed by atoms with Crippen LogP contribution in [-0.2, 0) is 34.3 Å². The first kappa shape index (κ1) is 40.8. The Hall–Kier alpha value is -1.37. The minimum absolute atomic E-state index is 0.0710. The summed E-state index contributed by atoms with van der Waals surface area (Å²) in [4.78, 5) is 21.3. The van der Waals surface area contributed by atoms with E-state index in [0.29, 0.717) is 33.0 Å². The Bertz CT molecular complexity index is 969. The average molecular weight is 666 g/mol. The molecule has 1 saturated heterocycles. The average Bonchev–Trinajstić information content (AvgIpc) is 2.93. The highest BCUT2D eigenvalue weighted by molar-refractivity contribution is 6.60. The van der Waals surface area contributed by atoms with E-state index in [4.69, 9.17) is 22.9 Å². The van der Waals surface area contributed by atoms with Crippen LogP contribution in [-0.4, -0.2) is 88.9 Å². The number of piperidine rings is 1. The number of hydrogen-bond acceptors (Lipinski definition) is 8. The highest BCUT2D eigenvalue weighted by Crippen LogP contribution is 2.42. The predicted molar refractivity (Wildman–Crippen MR) is 188 cm³/mol. The molecule has 1 aromatic carbocycles. The van der Waals surface area contributed by atoms with E-state index in [1.165, 1.54) is 5.56 Å². The molecule has 266 valence electrons. The highest BCUT2D eigenvalue weighted by Gasteiger charge is 2.48. The zero-order chi connectivity index (χ0) is 34.4. The first-order valence-corrected chi connectivity index (χ1v) is 19.6. The van der Waals surface area contributed by atoms with E-state index in [1.807, 2.05) is 39.8 Å². The van der Waals surface area contributed by atoms with E-state index in [2.05, 4.69) is 76.2 Å². The van der Waals surface area contributed by atoms with Crippen LogP contribution in [0.2, 0.25) is 6.04 Å². The van der Waals surface area contributed by atoms with Crippen LogP contribution in [0.15, 0.2) is 24.3 Å². The maximum Gasteiger partial charge on any atom is 0.500 e. The summed E-state index contributed by atoms with van der Waals surface area (Å²) in [5.41, 5.74) is 1.83. The van der Waals surface area contributed by atoms with E-state index in [9.17, 15) is 4.79 Å². The Morgan fingerprint density at radius 1 is 0.913 bits per heavy atom. The van der Waals surface area contributed by atoms with Crippen molar-refractivity contribution >= 4 is 14.7 Å². The SMILES string of the molecule is CCO[Si](CCCCCCOCc1ccc(C(ON2C(C)(C)CC(NC(=O)CN(C)C)CC2(C)C)C(C)C)cc1)(OCC)OCC. The van der Waals surface area contributed by atoms with Crippen LogP contribution in [0.1, 0.15) is 118 Å². The molecule has 0 spiro atoms. The van der Waals surface area contributed by atoms with Crippen LogP contribution >= 0.6 is 0 Å². The van der Waals surface area contributed by atoms with Gasteiger partial charge in [-0.3, -0.25) is 9.63 Å². The topological polar surface area (TPSA) is 81.7 Å². The smallest absolute Gasteiger partial charge is 0.377 e. The van der Waals surface area contributed by atoms with Gasteiger partial charge < -0.3 is 28.2 Å². The summed E-state index contributed by atoms with van der Waals surface area (Å²) in [6.45, 7) is 22.9. The Kier molecular flexibility index (Phi) is 17.4. The number of likely N-dealkylation sites (N-methyl/N-ethyl adjacent to an activating group) is 1. The van der Waals surface area contributed by atoms with Crippen molar-refractivity contribution in [2.45, 2.75) is 137 Å². The molecule has 0 aliphatic carbocycles. The third-order valence-electron chi connectivity index (χ3n) is 8.43. The zero-order valence-corrected chi connectivity index (χ0v) is 32.1. The number of hydroxylamine groups is 2. The second kappa shape index (κ2) is 19.6. The Morgan fingerprint density at radius 3 is 1.96 bits per heavy atom. The number of benzene rings is 1. The molecule has 9 nitrogen and oxygen atoms in total. The number of nitrogens with one attached hydrogen (secondary N) is 1. The molecule has 2 rings (SSSR count). The first-order valence-electron chi connectivity index (χ1n) is 17.7. The summed E-state index contributed by atoms with van der Waals surface area (Å²) >= 11 is 0. The lowest BCUT2D eigenvalue weighted by atomic mass is 9.79. The second-order valence-electron chi connectivity index (χ2n) is 14.5. The maximum atomic E-state index is 12.5. The number of unbranched alkanes of at least 4 members (excludes halogenated alkanes) is 3. The highest BCUT2D eigenvalue weighted by atomic mass is 28.4. The van der Waals surface area contributed by atoms with Crippen LogP contribution in [0.3, 0.4) is 0 Å². The number of carbonyl (C=O) groups excluding carboxylic acids is 1. The molecule has 1 heterocycles. The van der Waals surface area contributed by atoms with Crippen molar-refractivity contribution < 1.29 is 27.6 Å². The van der Waals surface area contributed by atoms with Gasteiger partial charge in [-0.1, -0.05) is 51.0 Å². The molecule has 1 unspecified atom stereocenters. The number of amides is 1. The van der Waals surface area contributed by atoms with Gasteiger partial charge in [-0.2, -0.15) is 5.06 Å². The molecule has 1 atom stereocenters. The molecule has 10 heteroatoms. The normalized spacial score (nSPS) is 17.9. The molecule has 1 aliphatic rings. The van der Waals surface area contributed by atoms with Crippen LogP contribution in [0.25, 0.3) is 0 Å². The fourth-order valence-corrected chi connectivity index (χ4v) is 9.47. The van der Waals surface area contributed by atoms with Gasteiger partial charge in [0.1, 0.15) is 6.10 Å². The Labute approximate surface area is 282 Å². The number of hydrogen-bond donors (Lipinski definition) is 1. The molecule has 1 fully saturated rings. The van der Waals surface area contributed by atoms with E-state index in [-0.39, 0.29) is 35.0 Å². The molecule has 0 aromatic heterocycles. The Morgan fingerprint density at radius 2 is 1.46 bits per heavy atom. The number of ether oxygens (including phenoxy) is 1. The molecule has 0 bridgehead atoms. The molecule has 46 heavy (non-hydrogen) atoms. The molecule has 1 N–H and O–H groups in total. The number of rotatable bonds is 22. The minimum atomic E-state index is -2.53.